The lowest BCUT2D eigenvalue weighted by atomic mass is 10.4. The third-order valence-electron chi connectivity index (χ3n) is 2.61. The van der Waals surface area contributed by atoms with Crippen molar-refractivity contribution in [3.05, 3.63) is 18.3 Å². The molecule has 3 rings (SSSR count). The highest BCUT2D eigenvalue weighted by atomic mass is 35.5. The van der Waals surface area contributed by atoms with Gasteiger partial charge in [-0.1, -0.05) is 0 Å². The van der Waals surface area contributed by atoms with Crippen LogP contribution in [0.5, 0.6) is 0 Å². The molecule has 2 aromatic rings. The Bertz CT molecular complexity index is 491. The molecule has 6 heteroatoms. The Morgan fingerprint density at radius 2 is 2.31 bits per heavy atom. The highest BCUT2D eigenvalue weighted by Gasteiger charge is 2.21. The van der Waals surface area contributed by atoms with Gasteiger partial charge in [-0.15, -0.1) is 17.5 Å². The van der Waals surface area contributed by atoms with E-state index in [-0.39, 0.29) is 12.4 Å². The van der Waals surface area contributed by atoms with E-state index in [9.17, 15) is 0 Å². The van der Waals surface area contributed by atoms with Gasteiger partial charge in [0.15, 0.2) is 5.65 Å². The number of hydrogen-bond donors (Lipinski definition) is 2. The summed E-state index contributed by atoms with van der Waals surface area (Å²) >= 11 is 0. The normalized spacial score (nSPS) is 14.8. The van der Waals surface area contributed by atoms with Crippen LogP contribution in [0.15, 0.2) is 18.3 Å². The Kier molecular flexibility index (Phi) is 2.87. The van der Waals surface area contributed by atoms with Crippen LogP contribution in [0.3, 0.4) is 0 Å². The van der Waals surface area contributed by atoms with Gasteiger partial charge in [0.1, 0.15) is 0 Å². The fourth-order valence-electron chi connectivity index (χ4n) is 1.53. The number of aromatic nitrogens is 3. The third-order valence-corrected chi connectivity index (χ3v) is 2.61. The minimum atomic E-state index is 0. The Morgan fingerprint density at radius 1 is 1.50 bits per heavy atom. The predicted molar refractivity (Wildman–Crippen MR) is 65.9 cm³/mol. The second-order valence-corrected chi connectivity index (χ2v) is 4.02. The molecule has 16 heavy (non-hydrogen) atoms. The van der Waals surface area contributed by atoms with Gasteiger partial charge < -0.3 is 11.1 Å². The number of pyridine rings is 1. The summed E-state index contributed by atoms with van der Waals surface area (Å²) in [5.41, 5.74) is 7.16. The number of hydrogen-bond acceptors (Lipinski definition) is 4. The number of anilines is 2. The van der Waals surface area contributed by atoms with E-state index in [0.717, 1.165) is 18.1 Å². The van der Waals surface area contributed by atoms with Gasteiger partial charge in [-0.3, -0.25) is 0 Å². The fourth-order valence-corrected chi connectivity index (χ4v) is 1.53. The van der Waals surface area contributed by atoms with Crippen molar-refractivity contribution < 1.29 is 0 Å². The molecule has 2 aromatic heterocycles. The molecule has 0 amide bonds. The number of nitrogen functional groups attached to an aromatic ring is 1. The molecule has 0 bridgehead atoms. The van der Waals surface area contributed by atoms with Crippen LogP contribution in [-0.4, -0.2) is 21.1 Å². The molecule has 0 atom stereocenters. The topological polar surface area (TPSA) is 68.2 Å². The highest BCUT2D eigenvalue weighted by Crippen LogP contribution is 2.28. The number of nitrogens with two attached hydrogens (primary N) is 1. The summed E-state index contributed by atoms with van der Waals surface area (Å²) < 4.78 is 1.73. The standard InChI is InChI=1S/C10H13N5.ClH/c11-8-3-4-15-9(5-8)13-10(14-15)12-6-7-1-2-7;/h3-5,7H,1-2,6,11H2,(H,12,14);1H. The molecular weight excluding hydrogens is 226 g/mol. The lowest BCUT2D eigenvalue weighted by molar-refractivity contribution is 0.867. The largest absolute Gasteiger partial charge is 0.399 e. The molecule has 5 nitrogen and oxygen atoms in total. The molecule has 86 valence electrons. The maximum Gasteiger partial charge on any atom is 0.243 e. The van der Waals surface area contributed by atoms with Gasteiger partial charge in [0.2, 0.25) is 5.95 Å². The maximum atomic E-state index is 5.66. The van der Waals surface area contributed by atoms with Gasteiger partial charge in [0.05, 0.1) is 0 Å². The molecule has 2 heterocycles. The molecule has 1 saturated carbocycles. The monoisotopic (exact) mass is 239 g/mol. The molecule has 1 fully saturated rings. The number of halogens is 1. The molecule has 0 saturated heterocycles. The summed E-state index contributed by atoms with van der Waals surface area (Å²) in [5.74, 6) is 1.51. The number of rotatable bonds is 3. The van der Waals surface area contributed by atoms with Crippen molar-refractivity contribution >= 4 is 29.7 Å². The first kappa shape index (κ1) is 11.0. The van der Waals surface area contributed by atoms with Crippen LogP contribution in [0.2, 0.25) is 0 Å². The molecule has 0 radical (unpaired) electrons. The Labute approximate surface area is 99.5 Å². The van der Waals surface area contributed by atoms with E-state index >= 15 is 0 Å². The van der Waals surface area contributed by atoms with Gasteiger partial charge >= 0.3 is 0 Å². The average molecular weight is 240 g/mol. The molecule has 0 spiro atoms. The van der Waals surface area contributed by atoms with E-state index in [1.165, 1.54) is 12.8 Å². The van der Waals surface area contributed by atoms with Crippen molar-refractivity contribution in [1.29, 1.82) is 0 Å². The fraction of sp³-hybridized carbons (Fsp3) is 0.400. The van der Waals surface area contributed by atoms with Gasteiger partial charge in [-0.2, -0.15) is 4.98 Å². The van der Waals surface area contributed by atoms with Crippen molar-refractivity contribution in [3.63, 3.8) is 0 Å². The molecule has 1 aliphatic rings. The van der Waals surface area contributed by atoms with Crippen LogP contribution in [0, 0.1) is 5.92 Å². The van der Waals surface area contributed by atoms with Gasteiger partial charge in [0.25, 0.3) is 0 Å². The maximum absolute atomic E-state index is 5.66. The molecule has 1 aliphatic carbocycles. The zero-order chi connectivity index (χ0) is 10.3. The summed E-state index contributed by atoms with van der Waals surface area (Å²) in [5, 5.41) is 7.52. The lowest BCUT2D eigenvalue weighted by Crippen LogP contribution is -2.04. The Balaban J connectivity index is 0.000000963. The van der Waals surface area contributed by atoms with Crippen molar-refractivity contribution in [3.8, 4) is 0 Å². The molecule has 0 unspecified atom stereocenters. The summed E-state index contributed by atoms with van der Waals surface area (Å²) in [6.07, 6.45) is 4.47. The summed E-state index contributed by atoms with van der Waals surface area (Å²) in [6, 6.07) is 3.63. The first-order valence-electron chi connectivity index (χ1n) is 5.17. The van der Waals surface area contributed by atoms with Crippen LogP contribution in [0.25, 0.3) is 5.65 Å². The minimum absolute atomic E-state index is 0. The van der Waals surface area contributed by atoms with E-state index in [1.807, 2.05) is 18.3 Å². The Morgan fingerprint density at radius 3 is 3.06 bits per heavy atom. The van der Waals surface area contributed by atoms with Crippen LogP contribution in [0.4, 0.5) is 11.6 Å². The van der Waals surface area contributed by atoms with E-state index in [0.29, 0.717) is 11.6 Å². The quantitative estimate of drug-likeness (QED) is 0.853. The van der Waals surface area contributed by atoms with Crippen LogP contribution in [-0.2, 0) is 0 Å². The van der Waals surface area contributed by atoms with Crippen molar-refractivity contribution in [2.24, 2.45) is 5.92 Å². The number of nitrogens with one attached hydrogen (secondary N) is 1. The molecule has 0 aromatic carbocycles. The van der Waals surface area contributed by atoms with E-state index in [1.54, 1.807) is 4.52 Å². The third kappa shape index (κ3) is 2.19. The van der Waals surface area contributed by atoms with Crippen molar-refractivity contribution in [2.75, 3.05) is 17.6 Å². The van der Waals surface area contributed by atoms with Crippen molar-refractivity contribution in [2.45, 2.75) is 12.8 Å². The summed E-state index contributed by atoms with van der Waals surface area (Å²) in [4.78, 5) is 4.33. The summed E-state index contributed by atoms with van der Waals surface area (Å²) in [7, 11) is 0. The first-order valence-corrected chi connectivity index (χ1v) is 5.17. The van der Waals surface area contributed by atoms with E-state index in [4.69, 9.17) is 5.73 Å². The molecule has 3 N–H and O–H groups in total. The van der Waals surface area contributed by atoms with Gasteiger partial charge in [-0.25, -0.2) is 4.52 Å². The van der Waals surface area contributed by atoms with Crippen LogP contribution in [0.1, 0.15) is 12.8 Å². The first-order chi connectivity index (χ1) is 7.31. The molecule has 0 aliphatic heterocycles. The van der Waals surface area contributed by atoms with E-state index < -0.39 is 0 Å². The second kappa shape index (κ2) is 4.17. The lowest BCUT2D eigenvalue weighted by Gasteiger charge is -1.96. The van der Waals surface area contributed by atoms with Crippen LogP contribution >= 0.6 is 12.4 Å². The van der Waals surface area contributed by atoms with Crippen molar-refractivity contribution in [1.82, 2.24) is 14.6 Å². The predicted octanol–water partition coefficient (Wildman–Crippen LogP) is 1.56. The summed E-state index contributed by atoms with van der Waals surface area (Å²) in [6.45, 7) is 0.979. The zero-order valence-corrected chi connectivity index (χ0v) is 9.57. The minimum Gasteiger partial charge on any atom is -0.399 e. The smallest absolute Gasteiger partial charge is 0.243 e. The van der Waals surface area contributed by atoms with Gasteiger partial charge in [0, 0.05) is 24.5 Å². The zero-order valence-electron chi connectivity index (χ0n) is 8.76. The van der Waals surface area contributed by atoms with Gasteiger partial charge in [-0.05, 0) is 24.8 Å². The Hall–Kier alpha value is -1.49. The van der Waals surface area contributed by atoms with E-state index in [2.05, 4.69) is 15.4 Å². The number of nitrogens with zero attached hydrogens (tertiary/aromatic N) is 3. The average Bonchev–Trinajstić information content (AvgIpc) is 2.95. The second-order valence-electron chi connectivity index (χ2n) is 4.02. The number of fused-ring (bicyclic) bond motifs is 1. The highest BCUT2D eigenvalue weighted by molar-refractivity contribution is 5.85. The van der Waals surface area contributed by atoms with Crippen LogP contribution < -0.4 is 11.1 Å². The molecular formula is C10H14ClN5. The SMILES string of the molecule is Cl.Nc1ccn2nc(NCC3CC3)nc2c1.